The molecule has 0 spiro atoms. The molecule has 3 rings (SSSR count). The van der Waals surface area contributed by atoms with Gasteiger partial charge in [-0.05, 0) is 42.0 Å². The molecule has 1 aliphatic rings. The summed E-state index contributed by atoms with van der Waals surface area (Å²) in [7, 11) is -0.557. The summed E-state index contributed by atoms with van der Waals surface area (Å²) in [5.74, 6) is 0.595. The Balaban J connectivity index is 1.85. The van der Waals surface area contributed by atoms with Crippen LogP contribution in [-0.4, -0.2) is 57.9 Å². The van der Waals surface area contributed by atoms with E-state index in [9.17, 15) is 18.0 Å². The Morgan fingerprint density at radius 1 is 1.09 bits per heavy atom. The van der Waals surface area contributed by atoms with Gasteiger partial charge in [0.1, 0.15) is 17.5 Å². The van der Waals surface area contributed by atoms with Crippen LogP contribution in [-0.2, 0) is 32.6 Å². The lowest BCUT2D eigenvalue weighted by molar-refractivity contribution is -0.125. The highest BCUT2D eigenvalue weighted by Crippen LogP contribution is 2.35. The van der Waals surface area contributed by atoms with E-state index in [1.54, 1.807) is 58.4 Å². The van der Waals surface area contributed by atoms with Gasteiger partial charge in [0.05, 0.1) is 19.1 Å². The number of rotatable bonds is 9. The fourth-order valence-electron chi connectivity index (χ4n) is 4.22. The van der Waals surface area contributed by atoms with E-state index >= 15 is 0 Å². The molecule has 1 heterocycles. The molecule has 0 bridgehead atoms. The number of hydrogen-bond donors (Lipinski definition) is 1. The molecule has 1 aliphatic heterocycles. The number of hydrogen-bond acceptors (Lipinski definition) is 6. The van der Waals surface area contributed by atoms with Crippen LogP contribution >= 0.6 is 0 Å². The molecule has 0 saturated heterocycles. The van der Waals surface area contributed by atoms with Crippen molar-refractivity contribution < 1.29 is 27.5 Å². The van der Waals surface area contributed by atoms with Crippen LogP contribution in [0.3, 0.4) is 0 Å². The number of anilines is 1. The van der Waals surface area contributed by atoms with Gasteiger partial charge in [0, 0.05) is 44.2 Å². The first kappa shape index (κ1) is 25.5. The van der Waals surface area contributed by atoms with Crippen LogP contribution in [0.4, 0.5) is 5.69 Å². The quantitative estimate of drug-likeness (QED) is 0.580. The Labute approximate surface area is 200 Å². The van der Waals surface area contributed by atoms with Crippen molar-refractivity contribution in [1.82, 2.24) is 9.62 Å². The van der Waals surface area contributed by atoms with Crippen molar-refractivity contribution in [2.75, 3.05) is 32.2 Å². The second-order valence-electron chi connectivity index (χ2n) is 7.88. The highest BCUT2D eigenvalue weighted by Gasteiger charge is 2.38. The number of amides is 2. The number of benzene rings is 2. The molecule has 10 heteroatoms. The van der Waals surface area contributed by atoms with Crippen molar-refractivity contribution in [3.05, 3.63) is 47.5 Å². The summed E-state index contributed by atoms with van der Waals surface area (Å²) in [4.78, 5) is 27.2. The third-order valence-electron chi connectivity index (χ3n) is 5.96. The minimum Gasteiger partial charge on any atom is -0.497 e. The Morgan fingerprint density at radius 2 is 1.79 bits per heavy atom. The first-order valence-electron chi connectivity index (χ1n) is 11.1. The average molecular weight is 490 g/mol. The fourth-order valence-corrected chi connectivity index (χ4v) is 5.73. The third kappa shape index (κ3) is 4.88. The van der Waals surface area contributed by atoms with E-state index in [1.165, 1.54) is 22.2 Å². The summed E-state index contributed by atoms with van der Waals surface area (Å²) in [6.45, 7) is 5.84. The third-order valence-corrected chi connectivity index (χ3v) is 8.01. The van der Waals surface area contributed by atoms with Gasteiger partial charge in [0.2, 0.25) is 21.8 Å². The molecule has 2 amide bonds. The van der Waals surface area contributed by atoms with Gasteiger partial charge in [-0.25, -0.2) is 8.42 Å². The Kier molecular flexibility index (Phi) is 7.83. The minimum atomic E-state index is -3.66. The van der Waals surface area contributed by atoms with E-state index in [2.05, 4.69) is 5.32 Å². The second kappa shape index (κ2) is 10.4. The van der Waals surface area contributed by atoms with Crippen LogP contribution < -0.4 is 19.7 Å². The SMILES string of the molecule is CCN(CC)S(=O)(=O)c1ccc2c(c1)C[C@@H](C(=O)NCc1cc(OC)ccc1OC)N2C(C)=O. The maximum absolute atomic E-state index is 13.1. The van der Waals surface area contributed by atoms with Crippen molar-refractivity contribution in [3.63, 3.8) is 0 Å². The molecule has 0 aromatic heterocycles. The zero-order chi connectivity index (χ0) is 25.0. The molecular weight excluding hydrogens is 458 g/mol. The molecular formula is C24H31N3O6S. The van der Waals surface area contributed by atoms with Gasteiger partial charge in [-0.1, -0.05) is 13.8 Å². The molecule has 1 atom stereocenters. The highest BCUT2D eigenvalue weighted by atomic mass is 32.2. The summed E-state index contributed by atoms with van der Waals surface area (Å²) in [5.41, 5.74) is 1.92. The zero-order valence-corrected chi connectivity index (χ0v) is 20.9. The van der Waals surface area contributed by atoms with E-state index in [1.807, 2.05) is 0 Å². The van der Waals surface area contributed by atoms with Gasteiger partial charge in [0.25, 0.3) is 0 Å². The van der Waals surface area contributed by atoms with Crippen LogP contribution in [0.15, 0.2) is 41.3 Å². The van der Waals surface area contributed by atoms with Crippen molar-refractivity contribution >= 4 is 27.5 Å². The molecule has 0 fully saturated rings. The lowest BCUT2D eigenvalue weighted by Crippen LogP contribution is -2.47. The number of carbonyl (C=O) groups is 2. The molecule has 1 N–H and O–H groups in total. The summed E-state index contributed by atoms with van der Waals surface area (Å²) in [6.07, 6.45) is 0.220. The largest absolute Gasteiger partial charge is 0.497 e. The number of nitrogens with zero attached hydrogens (tertiary/aromatic N) is 2. The molecule has 2 aromatic carbocycles. The predicted octanol–water partition coefficient (Wildman–Crippen LogP) is 2.33. The number of ether oxygens (including phenoxy) is 2. The zero-order valence-electron chi connectivity index (χ0n) is 20.1. The van der Waals surface area contributed by atoms with Crippen molar-refractivity contribution in [2.45, 2.75) is 44.7 Å². The monoisotopic (exact) mass is 489 g/mol. The van der Waals surface area contributed by atoms with E-state index in [0.717, 1.165) is 5.56 Å². The van der Waals surface area contributed by atoms with Gasteiger partial charge >= 0.3 is 0 Å². The van der Waals surface area contributed by atoms with Crippen molar-refractivity contribution in [2.24, 2.45) is 0 Å². The van der Waals surface area contributed by atoms with Crippen LogP contribution in [0.1, 0.15) is 31.9 Å². The minimum absolute atomic E-state index is 0.153. The summed E-state index contributed by atoms with van der Waals surface area (Å²) in [5, 5.41) is 2.87. The summed E-state index contributed by atoms with van der Waals surface area (Å²) < 4.78 is 37.9. The number of fused-ring (bicyclic) bond motifs is 1. The first-order chi connectivity index (χ1) is 16.2. The standard InChI is InChI=1S/C24H31N3O6S/c1-6-26(7-2)34(30,31)20-9-10-21-17(13-20)14-22(27(21)16(3)28)24(29)25-15-18-12-19(32-4)8-11-23(18)33-5/h8-13,22H,6-7,14-15H2,1-5H3,(H,25,29)/t22-/m0/s1. The molecule has 0 saturated carbocycles. The van der Waals surface area contributed by atoms with Crippen LogP contribution in [0.2, 0.25) is 0 Å². The Morgan fingerprint density at radius 3 is 2.38 bits per heavy atom. The number of nitrogens with one attached hydrogen (secondary N) is 1. The lowest BCUT2D eigenvalue weighted by Gasteiger charge is -2.24. The highest BCUT2D eigenvalue weighted by molar-refractivity contribution is 7.89. The Hall–Kier alpha value is -3.11. The normalized spacial score (nSPS) is 15.2. The van der Waals surface area contributed by atoms with Crippen LogP contribution in [0.5, 0.6) is 11.5 Å². The maximum atomic E-state index is 13.1. The summed E-state index contributed by atoms with van der Waals surface area (Å²) in [6, 6.07) is 9.17. The molecule has 0 aliphatic carbocycles. The van der Waals surface area contributed by atoms with Crippen LogP contribution in [0, 0.1) is 0 Å². The average Bonchev–Trinajstić information content (AvgIpc) is 3.22. The van der Waals surface area contributed by atoms with E-state index in [0.29, 0.717) is 35.8 Å². The first-order valence-corrected chi connectivity index (χ1v) is 12.5. The lowest BCUT2D eigenvalue weighted by atomic mass is 10.1. The predicted molar refractivity (Wildman–Crippen MR) is 129 cm³/mol. The molecule has 34 heavy (non-hydrogen) atoms. The van der Waals surface area contributed by atoms with Gasteiger partial charge < -0.3 is 14.8 Å². The summed E-state index contributed by atoms with van der Waals surface area (Å²) >= 11 is 0. The fraction of sp³-hybridized carbons (Fsp3) is 0.417. The molecule has 0 unspecified atom stereocenters. The molecule has 0 radical (unpaired) electrons. The van der Waals surface area contributed by atoms with E-state index in [-0.39, 0.29) is 29.7 Å². The number of methoxy groups -OCH3 is 2. The van der Waals surface area contributed by atoms with Gasteiger partial charge in [-0.2, -0.15) is 4.31 Å². The Bertz CT molecular complexity index is 1180. The molecule has 184 valence electrons. The van der Waals surface area contributed by atoms with Gasteiger partial charge in [-0.3, -0.25) is 14.5 Å². The number of carbonyl (C=O) groups excluding carboxylic acids is 2. The maximum Gasteiger partial charge on any atom is 0.243 e. The smallest absolute Gasteiger partial charge is 0.243 e. The molecule has 2 aromatic rings. The van der Waals surface area contributed by atoms with E-state index < -0.39 is 16.1 Å². The van der Waals surface area contributed by atoms with Gasteiger partial charge in [-0.15, -0.1) is 0 Å². The van der Waals surface area contributed by atoms with E-state index in [4.69, 9.17) is 9.47 Å². The molecule has 9 nitrogen and oxygen atoms in total. The second-order valence-corrected chi connectivity index (χ2v) is 9.82. The topological polar surface area (TPSA) is 105 Å². The van der Waals surface area contributed by atoms with Crippen LogP contribution in [0.25, 0.3) is 0 Å². The van der Waals surface area contributed by atoms with Crippen molar-refractivity contribution in [1.29, 1.82) is 0 Å². The van der Waals surface area contributed by atoms with Crippen molar-refractivity contribution in [3.8, 4) is 11.5 Å². The number of sulfonamides is 1. The van der Waals surface area contributed by atoms with Gasteiger partial charge in [0.15, 0.2) is 0 Å².